The van der Waals surface area contributed by atoms with Crippen LogP contribution < -0.4 is 0 Å². The molecule has 4 saturated carbocycles. The highest BCUT2D eigenvalue weighted by Crippen LogP contribution is 2.64. The van der Waals surface area contributed by atoms with Crippen LogP contribution in [0.5, 0.6) is 0 Å². The van der Waals surface area contributed by atoms with E-state index in [2.05, 4.69) is 56.3 Å². The van der Waals surface area contributed by atoms with Crippen LogP contribution in [-0.4, -0.2) is 5.78 Å². The minimum atomic E-state index is 0.221. The van der Waals surface area contributed by atoms with Gasteiger partial charge in [0.1, 0.15) is 0 Å². The fourth-order valence-corrected chi connectivity index (χ4v) is 9.06. The van der Waals surface area contributed by atoms with Crippen LogP contribution in [0.15, 0.2) is 42.5 Å². The molecule has 1 heteroatoms. The summed E-state index contributed by atoms with van der Waals surface area (Å²) in [7, 11) is 0. The zero-order valence-electron chi connectivity index (χ0n) is 19.4. The van der Waals surface area contributed by atoms with E-state index in [0.717, 1.165) is 47.5 Å². The number of carbonyl (C=O) groups excluding carboxylic acids is 1. The van der Waals surface area contributed by atoms with Gasteiger partial charge in [0.05, 0.1) is 0 Å². The molecule has 0 amide bonds. The molecule has 0 N–H and O–H groups in total. The van der Waals surface area contributed by atoms with Crippen molar-refractivity contribution >= 4 is 16.6 Å². The molecule has 4 fully saturated rings. The lowest BCUT2D eigenvalue weighted by atomic mass is 9.49. The molecule has 0 aromatic heterocycles. The summed E-state index contributed by atoms with van der Waals surface area (Å²) in [5.74, 6) is 6.23. The van der Waals surface area contributed by atoms with Crippen LogP contribution in [0.1, 0.15) is 82.0 Å². The molecule has 164 valence electrons. The summed E-state index contributed by atoms with van der Waals surface area (Å²) in [5.41, 5.74) is 1.16. The smallest absolute Gasteiger partial charge is 0.166 e. The van der Waals surface area contributed by atoms with Crippen molar-refractivity contribution in [3.8, 4) is 0 Å². The molecule has 1 nitrogen and oxygen atoms in total. The number of rotatable bonds is 2. The Morgan fingerprint density at radius 3 is 2.52 bits per heavy atom. The van der Waals surface area contributed by atoms with Crippen LogP contribution in [0, 0.1) is 46.8 Å². The maximum Gasteiger partial charge on any atom is 0.166 e. The van der Waals surface area contributed by atoms with Gasteiger partial charge in [-0.1, -0.05) is 56.7 Å². The fraction of sp³-hybridized carbons (Fsp3) is 0.633. The molecule has 0 saturated heterocycles. The van der Waals surface area contributed by atoms with Gasteiger partial charge in [-0.3, -0.25) is 4.79 Å². The molecule has 8 atom stereocenters. The number of fused-ring (bicyclic) bond motifs is 6. The Balaban J connectivity index is 1.25. The zero-order valence-corrected chi connectivity index (χ0v) is 19.4. The first-order chi connectivity index (χ1) is 15.0. The van der Waals surface area contributed by atoms with Gasteiger partial charge in [0.15, 0.2) is 5.78 Å². The summed E-state index contributed by atoms with van der Waals surface area (Å²) in [5, 5.41) is 2.43. The highest BCUT2D eigenvalue weighted by Gasteiger charge is 2.58. The van der Waals surface area contributed by atoms with E-state index in [-0.39, 0.29) is 11.3 Å². The molecule has 8 unspecified atom stereocenters. The van der Waals surface area contributed by atoms with Crippen LogP contribution in [0.4, 0.5) is 0 Å². The Kier molecular flexibility index (Phi) is 4.82. The third kappa shape index (κ3) is 3.13. The lowest BCUT2D eigenvalue weighted by Gasteiger charge is -2.56. The number of hydrogen-bond acceptors (Lipinski definition) is 1. The summed E-state index contributed by atoms with van der Waals surface area (Å²) < 4.78 is 0. The molecule has 4 aliphatic rings. The van der Waals surface area contributed by atoms with E-state index in [1.807, 2.05) is 0 Å². The van der Waals surface area contributed by atoms with E-state index in [4.69, 9.17) is 0 Å². The quantitative estimate of drug-likeness (QED) is 0.456. The average molecular weight is 415 g/mol. The van der Waals surface area contributed by atoms with Crippen LogP contribution in [0.3, 0.4) is 0 Å². The van der Waals surface area contributed by atoms with Gasteiger partial charge in [-0.05, 0) is 109 Å². The zero-order chi connectivity index (χ0) is 21.2. The second kappa shape index (κ2) is 7.46. The lowest BCUT2D eigenvalue weighted by Crippen LogP contribution is -2.49. The van der Waals surface area contributed by atoms with Gasteiger partial charge in [-0.15, -0.1) is 0 Å². The predicted octanol–water partition coefficient (Wildman–Crippen LogP) is 7.93. The maximum absolute atomic E-state index is 13.8. The number of hydrogen-bond donors (Lipinski definition) is 0. The first kappa shape index (κ1) is 20.0. The summed E-state index contributed by atoms with van der Waals surface area (Å²) in [6.07, 6.45) is 12.4. The summed E-state index contributed by atoms with van der Waals surface area (Å²) in [6, 6.07) is 14.8. The molecular formula is C30H38O. The minimum absolute atomic E-state index is 0.221. The van der Waals surface area contributed by atoms with E-state index < -0.39 is 0 Å². The normalized spacial score (nSPS) is 41.9. The highest BCUT2D eigenvalue weighted by molar-refractivity contribution is 6.01. The Hall–Kier alpha value is -1.63. The molecule has 6 rings (SSSR count). The van der Waals surface area contributed by atoms with Crippen molar-refractivity contribution in [2.75, 3.05) is 0 Å². The summed E-state index contributed by atoms with van der Waals surface area (Å²) >= 11 is 0. The minimum Gasteiger partial charge on any atom is -0.294 e. The molecule has 0 aliphatic heterocycles. The van der Waals surface area contributed by atoms with Crippen molar-refractivity contribution in [1.29, 1.82) is 0 Å². The van der Waals surface area contributed by atoms with Gasteiger partial charge in [0.2, 0.25) is 0 Å². The van der Waals surface area contributed by atoms with Gasteiger partial charge >= 0.3 is 0 Å². The monoisotopic (exact) mass is 414 g/mol. The number of carbonyl (C=O) groups is 1. The summed E-state index contributed by atoms with van der Waals surface area (Å²) in [6.45, 7) is 4.97. The predicted molar refractivity (Wildman–Crippen MR) is 128 cm³/mol. The maximum atomic E-state index is 13.8. The third-order valence-corrected chi connectivity index (χ3v) is 10.6. The van der Waals surface area contributed by atoms with E-state index in [0.29, 0.717) is 5.78 Å². The van der Waals surface area contributed by atoms with Crippen molar-refractivity contribution in [2.45, 2.75) is 71.6 Å². The molecular weight excluding hydrogens is 376 g/mol. The number of Topliss-reactive ketones (excluding diaryl/α,β-unsaturated/α-hetero) is 1. The largest absolute Gasteiger partial charge is 0.294 e. The molecule has 0 radical (unpaired) electrons. The molecule has 0 heterocycles. The van der Waals surface area contributed by atoms with Crippen molar-refractivity contribution in [3.05, 3.63) is 48.0 Å². The average Bonchev–Trinajstić information content (AvgIpc) is 3.15. The Bertz CT molecular complexity index is 991. The van der Waals surface area contributed by atoms with Crippen LogP contribution in [-0.2, 0) is 0 Å². The van der Waals surface area contributed by atoms with Crippen molar-refractivity contribution < 1.29 is 4.79 Å². The van der Waals surface area contributed by atoms with Crippen molar-refractivity contribution in [2.24, 2.45) is 46.8 Å². The topological polar surface area (TPSA) is 17.1 Å². The van der Waals surface area contributed by atoms with E-state index in [9.17, 15) is 4.79 Å². The number of benzene rings is 2. The Morgan fingerprint density at radius 2 is 1.65 bits per heavy atom. The van der Waals surface area contributed by atoms with E-state index in [1.165, 1.54) is 62.1 Å². The van der Waals surface area contributed by atoms with Crippen LogP contribution in [0.2, 0.25) is 0 Å². The van der Waals surface area contributed by atoms with Gasteiger partial charge in [0, 0.05) is 11.5 Å². The van der Waals surface area contributed by atoms with Crippen molar-refractivity contribution in [1.82, 2.24) is 0 Å². The molecule has 0 bridgehead atoms. The molecule has 2 aromatic rings. The summed E-state index contributed by atoms with van der Waals surface area (Å²) in [4.78, 5) is 13.8. The SMILES string of the molecule is CC1CCC2C(CCC3C2CCC2(C)C(C(=O)c4ccc5ccccc5c4)CCC32)C1. The Labute approximate surface area is 188 Å². The highest BCUT2D eigenvalue weighted by atomic mass is 16.1. The molecule has 31 heavy (non-hydrogen) atoms. The first-order valence-electron chi connectivity index (χ1n) is 13.1. The Morgan fingerprint density at radius 1 is 0.839 bits per heavy atom. The van der Waals surface area contributed by atoms with Gasteiger partial charge in [0.25, 0.3) is 0 Å². The van der Waals surface area contributed by atoms with Crippen LogP contribution in [0.25, 0.3) is 10.8 Å². The molecule has 0 spiro atoms. The second-order valence-electron chi connectivity index (χ2n) is 12.0. The van der Waals surface area contributed by atoms with Gasteiger partial charge in [-0.2, -0.15) is 0 Å². The van der Waals surface area contributed by atoms with Crippen molar-refractivity contribution in [3.63, 3.8) is 0 Å². The number of ketones is 1. The van der Waals surface area contributed by atoms with Crippen LogP contribution >= 0.6 is 0 Å². The second-order valence-corrected chi connectivity index (χ2v) is 12.0. The van der Waals surface area contributed by atoms with Gasteiger partial charge < -0.3 is 0 Å². The van der Waals surface area contributed by atoms with Gasteiger partial charge in [-0.25, -0.2) is 0 Å². The van der Waals surface area contributed by atoms with E-state index in [1.54, 1.807) is 0 Å². The third-order valence-electron chi connectivity index (χ3n) is 10.6. The first-order valence-corrected chi connectivity index (χ1v) is 13.1. The van der Waals surface area contributed by atoms with E-state index >= 15 is 0 Å². The standard InChI is InChI=1S/C30H38O/c1-19-7-11-24-22(17-19)10-12-26-25(24)15-16-30(2)27(26)13-14-28(30)29(31)23-9-8-20-5-3-4-6-21(20)18-23/h3-6,8-9,18-19,22,24-28H,7,10-17H2,1-2H3. The lowest BCUT2D eigenvalue weighted by molar-refractivity contribution is -0.0634. The molecule has 4 aliphatic carbocycles. The molecule has 2 aromatic carbocycles. The fourth-order valence-electron chi connectivity index (χ4n) is 9.06.